The highest BCUT2D eigenvalue weighted by Crippen LogP contribution is 2.27. The van der Waals surface area contributed by atoms with Crippen molar-refractivity contribution in [2.75, 3.05) is 0 Å². The van der Waals surface area contributed by atoms with Gasteiger partial charge >= 0.3 is 0 Å². The van der Waals surface area contributed by atoms with Crippen LogP contribution in [0.5, 0.6) is 5.75 Å². The number of rotatable bonds is 4. The molecule has 0 aromatic heterocycles. The second-order valence-corrected chi connectivity index (χ2v) is 5.24. The summed E-state index contributed by atoms with van der Waals surface area (Å²) < 4.78 is 6.79. The van der Waals surface area contributed by atoms with E-state index in [1.807, 2.05) is 55.5 Å². The molecule has 0 aliphatic heterocycles. The second kappa shape index (κ2) is 6.54. The minimum atomic E-state index is -0.777. The largest absolute Gasteiger partial charge is 0.475 e. The molecular weight excluding hydrogens is 320 g/mol. The highest BCUT2D eigenvalue weighted by molar-refractivity contribution is 9.10. The molecule has 5 heteroatoms. The molecule has 1 amide bonds. The number of carbonyl (C=O) groups excluding carboxylic acids is 1. The van der Waals surface area contributed by atoms with Crippen LogP contribution in [0.1, 0.15) is 17.2 Å². The average Bonchev–Trinajstić information content (AvgIpc) is 2.46. The van der Waals surface area contributed by atoms with E-state index < -0.39 is 12.0 Å². The van der Waals surface area contributed by atoms with Crippen LogP contribution in [0.25, 0.3) is 0 Å². The summed E-state index contributed by atoms with van der Waals surface area (Å²) in [4.78, 5) is 11.9. The lowest BCUT2D eigenvalue weighted by atomic mass is 10.1. The first-order chi connectivity index (χ1) is 9.61. The Morgan fingerprint density at radius 1 is 1.25 bits per heavy atom. The number of carbonyl (C=O) groups is 1. The number of amides is 1. The lowest BCUT2D eigenvalue weighted by Gasteiger charge is -2.19. The van der Waals surface area contributed by atoms with Crippen molar-refractivity contribution in [3.05, 3.63) is 64.1 Å². The van der Waals surface area contributed by atoms with Crippen molar-refractivity contribution in [3.63, 3.8) is 0 Å². The first kappa shape index (κ1) is 14.6. The monoisotopic (exact) mass is 334 g/mol. The van der Waals surface area contributed by atoms with Gasteiger partial charge in [-0.05, 0) is 30.7 Å². The fourth-order valence-electron chi connectivity index (χ4n) is 1.85. The van der Waals surface area contributed by atoms with Gasteiger partial charge in [-0.3, -0.25) is 10.2 Å². The zero-order valence-corrected chi connectivity index (χ0v) is 12.6. The van der Waals surface area contributed by atoms with Gasteiger partial charge in [-0.2, -0.15) is 0 Å². The molecule has 0 saturated heterocycles. The zero-order valence-electron chi connectivity index (χ0n) is 11.0. The third-order valence-corrected chi connectivity index (χ3v) is 3.36. The Morgan fingerprint density at radius 2 is 1.95 bits per heavy atom. The molecule has 1 unspecified atom stereocenters. The number of nitrogens with one attached hydrogen (secondary N) is 1. The minimum Gasteiger partial charge on any atom is -0.475 e. The molecule has 2 aromatic carbocycles. The van der Waals surface area contributed by atoms with Crippen molar-refractivity contribution in [3.8, 4) is 5.75 Å². The van der Waals surface area contributed by atoms with E-state index in [1.54, 1.807) is 0 Å². The number of hydrogen-bond acceptors (Lipinski definition) is 3. The summed E-state index contributed by atoms with van der Waals surface area (Å²) in [6.07, 6.45) is -0.777. The van der Waals surface area contributed by atoms with Crippen molar-refractivity contribution < 1.29 is 9.53 Å². The Kier molecular flexibility index (Phi) is 4.76. The molecule has 2 aromatic rings. The normalized spacial score (nSPS) is 11.8. The molecule has 0 bridgehead atoms. The van der Waals surface area contributed by atoms with Gasteiger partial charge in [-0.1, -0.05) is 46.3 Å². The van der Waals surface area contributed by atoms with Crippen LogP contribution in [-0.2, 0) is 4.79 Å². The maximum atomic E-state index is 11.9. The topological polar surface area (TPSA) is 64.3 Å². The molecule has 1 atom stereocenters. The molecule has 2 rings (SSSR count). The second-order valence-electron chi connectivity index (χ2n) is 4.33. The summed E-state index contributed by atoms with van der Waals surface area (Å²) in [5.74, 6) is 5.49. The number of hydrogen-bond donors (Lipinski definition) is 2. The van der Waals surface area contributed by atoms with Gasteiger partial charge < -0.3 is 4.74 Å². The van der Waals surface area contributed by atoms with E-state index in [2.05, 4.69) is 21.4 Å². The van der Waals surface area contributed by atoms with Crippen molar-refractivity contribution in [2.24, 2.45) is 5.84 Å². The minimum absolute atomic E-state index is 0.390. The Hall–Kier alpha value is -1.85. The number of hydrazine groups is 1. The van der Waals surface area contributed by atoms with Gasteiger partial charge in [0.05, 0.1) is 0 Å². The summed E-state index contributed by atoms with van der Waals surface area (Å²) in [7, 11) is 0. The Morgan fingerprint density at radius 3 is 2.55 bits per heavy atom. The van der Waals surface area contributed by atoms with E-state index in [1.165, 1.54) is 0 Å². The van der Waals surface area contributed by atoms with Crippen LogP contribution in [0.15, 0.2) is 53.0 Å². The van der Waals surface area contributed by atoms with E-state index in [9.17, 15) is 4.79 Å². The van der Waals surface area contributed by atoms with E-state index in [-0.39, 0.29) is 0 Å². The van der Waals surface area contributed by atoms with E-state index in [0.717, 1.165) is 15.6 Å². The fraction of sp³-hybridized carbons (Fsp3) is 0.133. The van der Waals surface area contributed by atoms with Gasteiger partial charge in [0.25, 0.3) is 5.91 Å². The molecular formula is C15H15BrN2O2. The Labute approximate surface area is 126 Å². The van der Waals surface area contributed by atoms with Crippen LogP contribution in [0, 0.1) is 6.92 Å². The number of benzene rings is 2. The summed E-state index contributed by atoms with van der Waals surface area (Å²) in [5.41, 5.74) is 3.82. The van der Waals surface area contributed by atoms with Crippen molar-refractivity contribution in [2.45, 2.75) is 13.0 Å². The highest BCUT2D eigenvalue weighted by atomic mass is 79.9. The van der Waals surface area contributed by atoms with Crippen molar-refractivity contribution in [1.29, 1.82) is 0 Å². The summed E-state index contributed by atoms with van der Waals surface area (Å²) in [6, 6.07) is 14.9. The van der Waals surface area contributed by atoms with Crippen LogP contribution in [-0.4, -0.2) is 5.91 Å². The third kappa shape index (κ3) is 3.37. The number of halogens is 1. The summed E-state index contributed by atoms with van der Waals surface area (Å²) >= 11 is 3.40. The predicted molar refractivity (Wildman–Crippen MR) is 81.0 cm³/mol. The maximum absolute atomic E-state index is 11.9. The average molecular weight is 335 g/mol. The zero-order chi connectivity index (χ0) is 14.5. The summed E-state index contributed by atoms with van der Waals surface area (Å²) in [6.45, 7) is 1.92. The smallest absolute Gasteiger partial charge is 0.279 e. The van der Waals surface area contributed by atoms with Gasteiger partial charge in [0.1, 0.15) is 5.75 Å². The van der Waals surface area contributed by atoms with Gasteiger partial charge in [0.15, 0.2) is 0 Å². The third-order valence-electron chi connectivity index (χ3n) is 2.86. The van der Waals surface area contributed by atoms with E-state index in [0.29, 0.717) is 5.75 Å². The Bertz CT molecular complexity index is 602. The molecule has 0 saturated carbocycles. The van der Waals surface area contributed by atoms with Crippen molar-refractivity contribution in [1.82, 2.24) is 5.43 Å². The first-order valence-electron chi connectivity index (χ1n) is 6.10. The molecule has 0 heterocycles. The summed E-state index contributed by atoms with van der Waals surface area (Å²) in [5, 5.41) is 0. The number of aryl methyl sites for hydroxylation is 1. The SMILES string of the molecule is Cc1cc(Br)ccc1OC(C(=O)NN)c1ccccc1. The first-order valence-corrected chi connectivity index (χ1v) is 6.89. The lowest BCUT2D eigenvalue weighted by molar-refractivity contribution is -0.128. The molecule has 4 nitrogen and oxygen atoms in total. The van der Waals surface area contributed by atoms with Gasteiger partial charge in [-0.15, -0.1) is 0 Å². The standard InChI is InChI=1S/C15H15BrN2O2/c1-10-9-12(16)7-8-13(10)20-14(15(19)18-17)11-5-3-2-4-6-11/h2-9,14H,17H2,1H3,(H,18,19). The van der Waals surface area contributed by atoms with Crippen LogP contribution in [0.4, 0.5) is 0 Å². The number of nitrogens with two attached hydrogens (primary N) is 1. The van der Waals surface area contributed by atoms with Crippen LogP contribution >= 0.6 is 15.9 Å². The lowest BCUT2D eigenvalue weighted by Crippen LogP contribution is -2.37. The van der Waals surface area contributed by atoms with Crippen LogP contribution in [0.3, 0.4) is 0 Å². The molecule has 20 heavy (non-hydrogen) atoms. The predicted octanol–water partition coefficient (Wildman–Crippen LogP) is 2.87. The molecule has 0 radical (unpaired) electrons. The number of ether oxygens (including phenoxy) is 1. The van der Waals surface area contributed by atoms with Gasteiger partial charge in [0.2, 0.25) is 6.10 Å². The van der Waals surface area contributed by atoms with Crippen LogP contribution < -0.4 is 16.0 Å². The van der Waals surface area contributed by atoms with Gasteiger partial charge in [-0.25, -0.2) is 5.84 Å². The molecule has 104 valence electrons. The van der Waals surface area contributed by atoms with Gasteiger partial charge in [0, 0.05) is 10.0 Å². The fourth-order valence-corrected chi connectivity index (χ4v) is 2.32. The molecule has 0 aliphatic carbocycles. The van der Waals surface area contributed by atoms with E-state index in [4.69, 9.17) is 10.6 Å². The molecule has 0 fully saturated rings. The highest BCUT2D eigenvalue weighted by Gasteiger charge is 2.22. The Balaban J connectivity index is 2.31. The molecule has 0 aliphatic rings. The molecule has 3 N–H and O–H groups in total. The van der Waals surface area contributed by atoms with Crippen LogP contribution in [0.2, 0.25) is 0 Å². The quantitative estimate of drug-likeness (QED) is 0.513. The van der Waals surface area contributed by atoms with Crippen molar-refractivity contribution >= 4 is 21.8 Å². The molecule has 0 spiro atoms. The maximum Gasteiger partial charge on any atom is 0.279 e. The van der Waals surface area contributed by atoms with E-state index >= 15 is 0 Å².